The summed E-state index contributed by atoms with van der Waals surface area (Å²) in [7, 11) is 0. The molecule has 26 heavy (non-hydrogen) atoms. The van der Waals surface area contributed by atoms with E-state index in [-0.39, 0.29) is 17.9 Å². The summed E-state index contributed by atoms with van der Waals surface area (Å²) in [5, 5.41) is 3.02. The van der Waals surface area contributed by atoms with Gasteiger partial charge >= 0.3 is 0 Å². The molecule has 4 nitrogen and oxygen atoms in total. The Morgan fingerprint density at radius 3 is 2.62 bits per heavy atom. The fourth-order valence-electron chi connectivity index (χ4n) is 3.34. The lowest BCUT2D eigenvalue weighted by Gasteiger charge is -2.18. The average Bonchev–Trinajstić information content (AvgIpc) is 2.98. The van der Waals surface area contributed by atoms with Crippen molar-refractivity contribution in [1.82, 2.24) is 5.32 Å². The monoisotopic (exact) mass is 350 g/mol. The Bertz CT molecular complexity index is 786. The third-order valence-electron chi connectivity index (χ3n) is 5.00. The SMILES string of the molecule is Cc1ccc(N2C[C@@H](NC(=O)CCCc3ccccc3)CC2=O)cc1C. The molecule has 0 aromatic heterocycles. The third kappa shape index (κ3) is 4.51. The molecule has 0 spiro atoms. The normalized spacial score (nSPS) is 16.8. The summed E-state index contributed by atoms with van der Waals surface area (Å²) in [4.78, 5) is 26.3. The average molecular weight is 350 g/mol. The maximum atomic E-state index is 12.3. The molecule has 136 valence electrons. The molecular formula is C22H26N2O2. The van der Waals surface area contributed by atoms with E-state index in [0.29, 0.717) is 19.4 Å². The number of rotatable bonds is 6. The van der Waals surface area contributed by atoms with Crippen LogP contribution in [-0.2, 0) is 16.0 Å². The molecule has 4 heteroatoms. The van der Waals surface area contributed by atoms with Gasteiger partial charge in [0.1, 0.15) is 0 Å². The van der Waals surface area contributed by atoms with E-state index in [9.17, 15) is 9.59 Å². The van der Waals surface area contributed by atoms with Crippen LogP contribution in [0.4, 0.5) is 5.69 Å². The zero-order valence-electron chi connectivity index (χ0n) is 15.5. The van der Waals surface area contributed by atoms with Gasteiger partial charge in [-0.15, -0.1) is 0 Å². The molecule has 2 aromatic rings. The van der Waals surface area contributed by atoms with Crippen LogP contribution in [0, 0.1) is 13.8 Å². The van der Waals surface area contributed by atoms with Crippen molar-refractivity contribution in [3.05, 3.63) is 65.2 Å². The minimum absolute atomic E-state index is 0.0284. The molecule has 0 unspecified atom stereocenters. The highest BCUT2D eigenvalue weighted by Crippen LogP contribution is 2.24. The molecule has 0 saturated carbocycles. The van der Waals surface area contributed by atoms with Crippen LogP contribution in [0.2, 0.25) is 0 Å². The van der Waals surface area contributed by atoms with Gasteiger partial charge in [0.05, 0.1) is 6.04 Å². The van der Waals surface area contributed by atoms with Gasteiger partial charge in [-0.05, 0) is 55.5 Å². The summed E-state index contributed by atoms with van der Waals surface area (Å²) in [6, 6.07) is 16.1. The lowest BCUT2D eigenvalue weighted by atomic mass is 10.1. The zero-order valence-corrected chi connectivity index (χ0v) is 15.5. The highest BCUT2D eigenvalue weighted by Gasteiger charge is 2.31. The molecular weight excluding hydrogens is 324 g/mol. The molecule has 1 N–H and O–H groups in total. The Morgan fingerprint density at radius 2 is 1.88 bits per heavy atom. The Hall–Kier alpha value is -2.62. The van der Waals surface area contributed by atoms with Gasteiger partial charge in [0, 0.05) is 25.1 Å². The number of amides is 2. The topological polar surface area (TPSA) is 49.4 Å². The van der Waals surface area contributed by atoms with Crippen molar-refractivity contribution in [1.29, 1.82) is 0 Å². The summed E-state index contributed by atoms with van der Waals surface area (Å²) in [6.45, 7) is 4.65. The van der Waals surface area contributed by atoms with Crippen molar-refractivity contribution >= 4 is 17.5 Å². The van der Waals surface area contributed by atoms with E-state index in [0.717, 1.165) is 18.5 Å². The Morgan fingerprint density at radius 1 is 1.12 bits per heavy atom. The second kappa shape index (κ2) is 8.17. The summed E-state index contributed by atoms with van der Waals surface area (Å²) in [5.74, 6) is 0.100. The van der Waals surface area contributed by atoms with Crippen LogP contribution >= 0.6 is 0 Å². The van der Waals surface area contributed by atoms with Crippen LogP contribution in [0.1, 0.15) is 36.0 Å². The Balaban J connectivity index is 1.49. The molecule has 1 aliphatic heterocycles. The predicted molar refractivity (Wildman–Crippen MR) is 104 cm³/mol. The fraction of sp³-hybridized carbons (Fsp3) is 0.364. The van der Waals surface area contributed by atoms with E-state index in [1.54, 1.807) is 4.90 Å². The molecule has 1 atom stereocenters. The van der Waals surface area contributed by atoms with E-state index in [1.807, 2.05) is 43.3 Å². The van der Waals surface area contributed by atoms with Crippen LogP contribution < -0.4 is 10.2 Å². The second-order valence-corrected chi connectivity index (χ2v) is 7.08. The molecule has 0 radical (unpaired) electrons. The lowest BCUT2D eigenvalue weighted by Crippen LogP contribution is -2.37. The van der Waals surface area contributed by atoms with Crippen LogP contribution in [-0.4, -0.2) is 24.4 Å². The Labute approximate surface area is 155 Å². The van der Waals surface area contributed by atoms with Crippen LogP contribution in [0.25, 0.3) is 0 Å². The molecule has 3 rings (SSSR count). The van der Waals surface area contributed by atoms with E-state index in [4.69, 9.17) is 0 Å². The number of nitrogens with one attached hydrogen (secondary N) is 1. The van der Waals surface area contributed by atoms with Gasteiger partial charge in [0.2, 0.25) is 11.8 Å². The number of nitrogens with zero attached hydrogens (tertiary/aromatic N) is 1. The molecule has 2 aromatic carbocycles. The summed E-state index contributed by atoms with van der Waals surface area (Å²) in [6.07, 6.45) is 2.57. The largest absolute Gasteiger partial charge is 0.351 e. The minimum Gasteiger partial charge on any atom is -0.351 e. The standard InChI is InChI=1S/C22H26N2O2/c1-16-11-12-20(13-17(16)2)24-15-19(14-22(24)26)23-21(25)10-6-9-18-7-4-3-5-8-18/h3-5,7-8,11-13,19H,6,9-10,14-15H2,1-2H3,(H,23,25)/t19-/m0/s1. The molecule has 0 bridgehead atoms. The van der Waals surface area contributed by atoms with Gasteiger partial charge in [-0.1, -0.05) is 36.4 Å². The van der Waals surface area contributed by atoms with Crippen LogP contribution in [0.5, 0.6) is 0 Å². The van der Waals surface area contributed by atoms with E-state index >= 15 is 0 Å². The molecule has 1 fully saturated rings. The van der Waals surface area contributed by atoms with Gasteiger partial charge in [-0.2, -0.15) is 0 Å². The van der Waals surface area contributed by atoms with Gasteiger partial charge in [0.15, 0.2) is 0 Å². The van der Waals surface area contributed by atoms with Crippen LogP contribution in [0.15, 0.2) is 48.5 Å². The van der Waals surface area contributed by atoms with Crippen molar-refractivity contribution < 1.29 is 9.59 Å². The smallest absolute Gasteiger partial charge is 0.229 e. The van der Waals surface area contributed by atoms with Gasteiger partial charge < -0.3 is 10.2 Å². The highest BCUT2D eigenvalue weighted by atomic mass is 16.2. The third-order valence-corrected chi connectivity index (χ3v) is 5.00. The predicted octanol–water partition coefficient (Wildman–Crippen LogP) is 3.55. The van der Waals surface area contributed by atoms with Gasteiger partial charge in [0.25, 0.3) is 0 Å². The summed E-state index contributed by atoms with van der Waals surface area (Å²) >= 11 is 0. The molecule has 1 aliphatic rings. The van der Waals surface area contributed by atoms with Crippen LogP contribution in [0.3, 0.4) is 0 Å². The van der Waals surface area contributed by atoms with Crippen molar-refractivity contribution in [2.24, 2.45) is 0 Å². The number of carbonyl (C=O) groups is 2. The van der Waals surface area contributed by atoms with E-state index in [2.05, 4.69) is 24.4 Å². The molecule has 1 heterocycles. The van der Waals surface area contributed by atoms with Gasteiger partial charge in [-0.3, -0.25) is 9.59 Å². The number of benzene rings is 2. The maximum Gasteiger partial charge on any atom is 0.229 e. The number of anilines is 1. The van der Waals surface area contributed by atoms with E-state index in [1.165, 1.54) is 16.7 Å². The van der Waals surface area contributed by atoms with Crippen molar-refractivity contribution in [3.8, 4) is 0 Å². The quantitative estimate of drug-likeness (QED) is 0.866. The minimum atomic E-state index is -0.103. The van der Waals surface area contributed by atoms with Gasteiger partial charge in [-0.25, -0.2) is 0 Å². The first kappa shape index (κ1) is 18.2. The fourth-order valence-corrected chi connectivity index (χ4v) is 3.34. The zero-order chi connectivity index (χ0) is 18.5. The summed E-state index contributed by atoms with van der Waals surface area (Å²) < 4.78 is 0. The maximum absolute atomic E-state index is 12.3. The second-order valence-electron chi connectivity index (χ2n) is 7.08. The first-order chi connectivity index (χ1) is 12.5. The Kier molecular flexibility index (Phi) is 5.71. The molecule has 1 saturated heterocycles. The lowest BCUT2D eigenvalue weighted by molar-refractivity contribution is -0.121. The van der Waals surface area contributed by atoms with E-state index < -0.39 is 0 Å². The number of hydrogen-bond acceptors (Lipinski definition) is 2. The first-order valence-corrected chi connectivity index (χ1v) is 9.24. The van der Waals surface area contributed by atoms with Crippen molar-refractivity contribution in [2.45, 2.75) is 45.6 Å². The number of hydrogen-bond donors (Lipinski definition) is 1. The van der Waals surface area contributed by atoms with Crippen molar-refractivity contribution in [2.75, 3.05) is 11.4 Å². The number of carbonyl (C=O) groups excluding carboxylic acids is 2. The highest BCUT2D eigenvalue weighted by molar-refractivity contribution is 5.97. The molecule has 2 amide bonds. The summed E-state index contributed by atoms with van der Waals surface area (Å²) in [5.41, 5.74) is 4.54. The number of aryl methyl sites for hydroxylation is 3. The first-order valence-electron chi connectivity index (χ1n) is 9.24. The molecule has 0 aliphatic carbocycles. The van der Waals surface area contributed by atoms with Crippen molar-refractivity contribution in [3.63, 3.8) is 0 Å².